The molecule has 3 aromatic heterocycles. The lowest BCUT2D eigenvalue weighted by Crippen LogP contribution is -2.62. The Kier molecular flexibility index (Phi) is 38.3. The number of imidazole rings is 1. The van der Waals surface area contributed by atoms with Crippen LogP contribution in [0.1, 0.15) is 127 Å². The van der Waals surface area contributed by atoms with E-state index in [0.29, 0.717) is 69.9 Å². The van der Waals surface area contributed by atoms with Gasteiger partial charge in [-0.25, -0.2) is 4.98 Å². The van der Waals surface area contributed by atoms with Crippen LogP contribution in [0.5, 0.6) is 5.75 Å². The minimum atomic E-state index is -1.93. The molecule has 9 rings (SSSR count). The highest BCUT2D eigenvalue weighted by Crippen LogP contribution is 2.28. The number of nitrogens with two attached hydrogens (primary N) is 3. The zero-order valence-electron chi connectivity index (χ0n) is 76.0. The first-order valence-corrected chi connectivity index (χ1v) is 45.5. The number of fused-ring (bicyclic) bond motifs is 4. The van der Waals surface area contributed by atoms with Gasteiger partial charge in [0.25, 0.3) is 0 Å². The summed E-state index contributed by atoms with van der Waals surface area (Å²) in [7, 11) is 5.25. The molecule has 2 unspecified atom stereocenters. The smallest absolute Gasteiger partial charge is 0.246 e. The van der Waals surface area contributed by atoms with Gasteiger partial charge < -0.3 is 130 Å². The van der Waals surface area contributed by atoms with E-state index in [1.165, 1.54) is 47.7 Å². The maximum atomic E-state index is 15.7. The lowest BCUT2D eigenvalue weighted by molar-refractivity contribution is -0.149. The summed E-state index contributed by atoms with van der Waals surface area (Å²) in [5, 5.41) is 60.8. The van der Waals surface area contributed by atoms with Crippen LogP contribution in [0.3, 0.4) is 0 Å². The molecule has 6 aromatic rings. The second kappa shape index (κ2) is 49.3. The van der Waals surface area contributed by atoms with Crippen molar-refractivity contribution in [3.8, 4) is 5.75 Å². The lowest BCUT2D eigenvalue weighted by Gasteiger charge is -2.36. The average Bonchev–Trinajstić information content (AvgIpc) is 1.66. The fraction of sp³-hybridized carbons (Fsp3) is 0.517. The molecule has 3 fully saturated rings. The van der Waals surface area contributed by atoms with E-state index >= 15 is 33.6 Å². The van der Waals surface area contributed by atoms with Crippen LogP contribution in [0.25, 0.3) is 21.8 Å². The third kappa shape index (κ3) is 28.0. The molecular formula is C89H122N22O22S. The first-order valence-electron chi connectivity index (χ1n) is 44.4. The van der Waals surface area contributed by atoms with Gasteiger partial charge in [0.05, 0.1) is 56.7 Å². The number of nitrogens with one attached hydrogen (secondary N) is 13. The minimum Gasteiger partial charge on any atom is -0.497 e. The number of aliphatic hydroxyl groups excluding tert-OH is 3. The van der Waals surface area contributed by atoms with Gasteiger partial charge in [-0.3, -0.25) is 86.3 Å². The lowest BCUT2D eigenvalue weighted by atomic mass is 10.00. The summed E-state index contributed by atoms with van der Waals surface area (Å²) in [5.74, 6) is -18.7. The Morgan fingerprint density at radius 1 is 0.560 bits per heavy atom. The fourth-order valence-electron chi connectivity index (χ4n) is 16.3. The molecule has 3 aliphatic heterocycles. The standard InChI is InChI=1S/C89H122N22O22S/c1-9-11-22-67-81(124)106-75(48(4)113)84(127)105-66(77(120)96-41-73(92)117)44-134-45-74(118)98-62(32-49-25-27-54(133-8)28-26-49)85(128)107(5)47(3)76(119)102-64(37-72(91)116)88(131)110-31-17-24-68(110)82(125)101-61(35-52-40-93-46-97-52)79(122)99-59(29-30-71(90)115)87(130)111-42-53(114)36-70(111)83(126)100-60(33-50-38-94-57-20-15-13-18-55(50)57)78(121)104-65(43-112)80(123)103-63(34-51-39-95-58-21-16-14-19-56(51)58)86(129)109(7)69(23-12-10-2)89(132)108(67)6/h13-16,18-21,25-28,38-40,46-48,53,59-70,75,94-95,112-114H,9-12,17,22-24,29-37,41-45H2,1-8H3,(H2,90,115)(H2,91,116)(H2,92,117)(H,93,97)(H,96,120)(H,98,118)(H,99,122)(H,100,126)(H,101,125)(H,102,119)(H,103,123)(H,104,121)(H,105,127)(H,106,124)/t47-,48?,53+,59-,60-,61-,62?,63-,64-,65-,66-,67-,68-,69-,70-,75-/m0/s1. The van der Waals surface area contributed by atoms with Crippen molar-refractivity contribution in [3.63, 3.8) is 0 Å². The van der Waals surface area contributed by atoms with Gasteiger partial charge in [-0.15, -0.1) is 11.8 Å². The molecule has 3 saturated heterocycles. The number of primary amides is 3. The van der Waals surface area contributed by atoms with Gasteiger partial charge in [0.15, 0.2) is 0 Å². The number of rotatable bonds is 25. The van der Waals surface area contributed by atoms with Gasteiger partial charge >= 0.3 is 0 Å². The van der Waals surface area contributed by atoms with Crippen LogP contribution in [-0.4, -0.2) is 329 Å². The number of carbonyl (C=O) groups is 18. The Bertz CT molecular complexity index is 5210. The Hall–Kier alpha value is -13.6. The van der Waals surface area contributed by atoms with Crippen molar-refractivity contribution < 1.29 is 106 Å². The van der Waals surface area contributed by atoms with E-state index < -0.39 is 266 Å². The maximum absolute atomic E-state index is 15.7. The highest BCUT2D eigenvalue weighted by molar-refractivity contribution is 8.00. The third-order valence-corrected chi connectivity index (χ3v) is 25.0. The number of ether oxygens (including phenoxy) is 1. The molecule has 0 radical (unpaired) electrons. The van der Waals surface area contributed by atoms with Crippen LogP contribution >= 0.6 is 11.8 Å². The van der Waals surface area contributed by atoms with Crippen molar-refractivity contribution in [2.45, 2.75) is 227 Å². The summed E-state index contributed by atoms with van der Waals surface area (Å²) in [4.78, 5) is 280. The molecule has 45 heteroatoms. The number of thioether (sulfide) groups is 1. The summed E-state index contributed by atoms with van der Waals surface area (Å²) < 4.78 is 5.33. The molecule has 0 bridgehead atoms. The molecule has 22 N–H and O–H groups in total. The minimum absolute atomic E-state index is 0.0353. The molecule has 3 aromatic carbocycles. The number of aromatic amines is 3. The second-order valence-corrected chi connectivity index (χ2v) is 34.7. The van der Waals surface area contributed by atoms with Crippen LogP contribution in [0.4, 0.5) is 0 Å². The molecule has 0 aliphatic carbocycles. The summed E-state index contributed by atoms with van der Waals surface area (Å²) in [5.41, 5.74) is 19.6. The predicted octanol–water partition coefficient (Wildman–Crippen LogP) is -4.29. The molecular weight excluding hydrogens is 1760 g/mol. The number of methoxy groups -OCH3 is 1. The SMILES string of the molecule is CCCC[C@H]1C(=O)N(C)[C@@H](CCCC)C(=O)N[C@@H](C(C)O)C(=O)N[C@H](C(=O)NCC(N)=O)CSCC(=O)NC(Cc2ccc(OC)cc2)C(=O)N(C)[C@@H](C)C(=O)N[C@@H](CC(N)=O)C(=O)N2CCC[C@H]2C(=O)N[C@@H](Cc2c[nH]cn2)C(=O)N[C@@H](CCC(N)=O)C(=O)N2C[C@H](O)C[C@H]2C(=O)N[C@@H](Cc2c[nH]c3ccccc23)C(=O)N[C@@H](CO)C(=O)N[C@@H](Cc2c[nH]c3ccccc23)C(=O)N1C. The van der Waals surface area contributed by atoms with E-state index in [0.717, 1.165) is 43.2 Å². The van der Waals surface area contributed by atoms with Gasteiger partial charge in [0, 0.05) is 119 Å². The number of amides is 18. The van der Waals surface area contributed by atoms with Gasteiger partial charge in [0.2, 0.25) is 106 Å². The van der Waals surface area contributed by atoms with E-state index in [4.69, 9.17) is 21.9 Å². The van der Waals surface area contributed by atoms with Crippen LogP contribution in [0, 0.1) is 0 Å². The number of hydrogen-bond acceptors (Lipinski definition) is 24. The molecule has 0 spiro atoms. The number of likely N-dealkylation sites (N-methyl/N-ethyl adjacent to an activating group) is 3. The van der Waals surface area contributed by atoms with E-state index in [-0.39, 0.29) is 57.2 Å². The second-order valence-electron chi connectivity index (χ2n) is 33.7. The Morgan fingerprint density at radius 2 is 1.10 bits per heavy atom. The number of benzene rings is 3. The van der Waals surface area contributed by atoms with Crippen LogP contribution < -0.4 is 75.1 Å². The zero-order valence-corrected chi connectivity index (χ0v) is 76.8. The van der Waals surface area contributed by atoms with Crippen molar-refractivity contribution in [1.29, 1.82) is 0 Å². The number of unbranched alkanes of at least 4 members (excludes halogenated alkanes) is 2. The fourth-order valence-corrected chi connectivity index (χ4v) is 17.2. The van der Waals surface area contributed by atoms with E-state index in [1.54, 1.807) is 92.1 Å². The number of aliphatic hydroxyl groups is 3. The summed E-state index contributed by atoms with van der Waals surface area (Å²) in [6, 6.07) is -2.83. The molecule has 16 atom stereocenters. The van der Waals surface area contributed by atoms with Crippen LogP contribution in [0.2, 0.25) is 0 Å². The maximum Gasteiger partial charge on any atom is 0.246 e. The highest BCUT2D eigenvalue weighted by Gasteiger charge is 2.47. The number of aromatic nitrogens is 4. The average molecular weight is 1880 g/mol. The molecule has 44 nitrogen and oxygen atoms in total. The Morgan fingerprint density at radius 3 is 1.69 bits per heavy atom. The predicted molar refractivity (Wildman–Crippen MR) is 486 cm³/mol. The Labute approximate surface area is 776 Å². The van der Waals surface area contributed by atoms with Crippen LogP contribution in [0.15, 0.2) is 97.7 Å². The van der Waals surface area contributed by atoms with Crippen molar-refractivity contribution in [2.24, 2.45) is 17.2 Å². The van der Waals surface area contributed by atoms with E-state index in [9.17, 15) is 68.1 Å². The third-order valence-electron chi connectivity index (χ3n) is 23.9. The van der Waals surface area contributed by atoms with Gasteiger partial charge in [-0.1, -0.05) is 88.1 Å². The molecule has 18 amide bonds. The number of nitrogens with zero attached hydrogens (tertiary/aromatic N) is 6. The highest BCUT2D eigenvalue weighted by atomic mass is 32.2. The normalized spacial score (nSPS) is 25.1. The number of H-pyrrole nitrogens is 3. The summed E-state index contributed by atoms with van der Waals surface area (Å²) >= 11 is 0.736. The van der Waals surface area contributed by atoms with E-state index in [2.05, 4.69) is 73.1 Å². The number of carbonyl (C=O) groups excluding carboxylic acids is 18. The Balaban J connectivity index is 1.10. The largest absolute Gasteiger partial charge is 0.497 e. The molecule has 0 saturated carbocycles. The van der Waals surface area contributed by atoms with E-state index in [1.807, 2.05) is 6.92 Å². The first kappa shape index (κ1) is 104. The zero-order chi connectivity index (χ0) is 97.9. The monoisotopic (exact) mass is 1880 g/mol. The van der Waals surface area contributed by atoms with Crippen molar-refractivity contribution >= 4 is 140 Å². The van der Waals surface area contributed by atoms with Gasteiger partial charge in [-0.2, -0.15) is 0 Å². The van der Waals surface area contributed by atoms with Crippen molar-refractivity contribution in [1.82, 2.24) is 97.6 Å². The number of para-hydroxylation sites is 2. The summed E-state index contributed by atoms with van der Waals surface area (Å²) in [6.45, 7) is 3.44. The first-order chi connectivity index (χ1) is 63.8. The molecule has 726 valence electrons. The molecule has 6 heterocycles. The number of hydrogen-bond donors (Lipinski definition) is 19. The topological polar surface area (TPSA) is 652 Å². The van der Waals surface area contributed by atoms with Gasteiger partial charge in [-0.05, 0) is 86.9 Å². The van der Waals surface area contributed by atoms with Crippen molar-refractivity contribution in [2.75, 3.05) is 66.0 Å². The van der Waals surface area contributed by atoms with Crippen molar-refractivity contribution in [3.05, 3.63) is 120 Å². The van der Waals surface area contributed by atoms with Gasteiger partial charge in [0.1, 0.15) is 90.3 Å². The summed E-state index contributed by atoms with van der Waals surface area (Å²) in [6.07, 6.45) is 0.418. The quantitative estimate of drug-likeness (QED) is 0.0258. The van der Waals surface area contributed by atoms with Crippen LogP contribution in [-0.2, 0) is 112 Å². The molecule has 134 heavy (non-hydrogen) atoms. The molecule has 3 aliphatic rings.